The molecule has 2 aromatic carbocycles. The molecule has 0 aliphatic carbocycles. The Morgan fingerprint density at radius 2 is 2.03 bits per heavy atom. The highest BCUT2D eigenvalue weighted by atomic mass is 32.2. The van der Waals surface area contributed by atoms with Crippen LogP contribution >= 0.6 is 11.8 Å². The van der Waals surface area contributed by atoms with Crippen LogP contribution in [0.3, 0.4) is 0 Å². The van der Waals surface area contributed by atoms with Crippen LogP contribution in [-0.2, 0) is 21.8 Å². The van der Waals surface area contributed by atoms with Crippen molar-refractivity contribution < 1.29 is 23.0 Å². The van der Waals surface area contributed by atoms with Crippen molar-refractivity contribution in [1.29, 1.82) is 0 Å². The van der Waals surface area contributed by atoms with Crippen LogP contribution in [0.15, 0.2) is 41.6 Å². The van der Waals surface area contributed by atoms with Gasteiger partial charge >= 0.3 is 5.97 Å². The third-order valence-corrected chi connectivity index (χ3v) is 5.62. The van der Waals surface area contributed by atoms with Gasteiger partial charge < -0.3 is 14.0 Å². The Morgan fingerprint density at radius 1 is 1.23 bits per heavy atom. The van der Waals surface area contributed by atoms with Gasteiger partial charge in [-0.1, -0.05) is 23.9 Å². The largest absolute Gasteiger partial charge is 0.462 e. The molecule has 1 heterocycles. The number of esters is 1. The van der Waals surface area contributed by atoms with E-state index in [1.54, 1.807) is 25.1 Å². The first-order chi connectivity index (χ1) is 14.9. The number of fused-ring (bicyclic) bond motifs is 1. The number of rotatable bonds is 10. The summed E-state index contributed by atoms with van der Waals surface area (Å²) in [7, 11) is 0. The highest BCUT2D eigenvalue weighted by molar-refractivity contribution is 7.98. The minimum atomic E-state index is -0.864. The summed E-state index contributed by atoms with van der Waals surface area (Å²) >= 11 is 1.33. The number of carbonyl (C=O) groups excluding carboxylic acids is 1. The van der Waals surface area contributed by atoms with Crippen molar-refractivity contribution in [1.82, 2.24) is 9.55 Å². The van der Waals surface area contributed by atoms with E-state index in [-0.39, 0.29) is 17.4 Å². The number of aryl methyl sites for hydroxylation is 1. The molecule has 0 aliphatic rings. The van der Waals surface area contributed by atoms with E-state index in [0.29, 0.717) is 36.0 Å². The summed E-state index contributed by atoms with van der Waals surface area (Å²) < 4.78 is 40.3. The number of imidazole rings is 1. The van der Waals surface area contributed by atoms with E-state index in [1.165, 1.54) is 17.8 Å². The van der Waals surface area contributed by atoms with E-state index in [2.05, 4.69) is 4.98 Å². The molecular formula is C23H26F2N2O3S. The second kappa shape index (κ2) is 10.7. The molecule has 0 amide bonds. The van der Waals surface area contributed by atoms with Crippen LogP contribution in [0.5, 0.6) is 0 Å². The molecule has 8 heteroatoms. The fourth-order valence-electron chi connectivity index (χ4n) is 3.12. The van der Waals surface area contributed by atoms with Gasteiger partial charge in [-0.05, 0) is 51.5 Å². The molecule has 0 N–H and O–H groups in total. The van der Waals surface area contributed by atoms with Crippen molar-refractivity contribution in [2.45, 2.75) is 50.8 Å². The molecule has 1 aromatic heterocycles. The van der Waals surface area contributed by atoms with Crippen LogP contribution in [0.4, 0.5) is 8.78 Å². The number of hydrogen-bond donors (Lipinski definition) is 0. The Labute approximate surface area is 184 Å². The molecule has 3 aromatic rings. The van der Waals surface area contributed by atoms with Gasteiger partial charge in [-0.2, -0.15) is 0 Å². The maximum atomic E-state index is 14.1. The molecule has 166 valence electrons. The predicted octanol–water partition coefficient (Wildman–Crippen LogP) is 5.60. The van der Waals surface area contributed by atoms with E-state index in [0.717, 1.165) is 18.0 Å². The van der Waals surface area contributed by atoms with Crippen LogP contribution in [0.1, 0.15) is 43.1 Å². The average Bonchev–Trinajstić information content (AvgIpc) is 3.09. The zero-order chi connectivity index (χ0) is 22.4. The molecule has 31 heavy (non-hydrogen) atoms. The van der Waals surface area contributed by atoms with Crippen LogP contribution in [0, 0.1) is 11.6 Å². The number of ether oxygens (including phenoxy) is 2. The Kier molecular flexibility index (Phi) is 8.03. The molecule has 0 unspecified atom stereocenters. The topological polar surface area (TPSA) is 53.3 Å². The third kappa shape index (κ3) is 5.83. The van der Waals surface area contributed by atoms with E-state index in [1.807, 2.05) is 24.5 Å². The van der Waals surface area contributed by atoms with E-state index in [9.17, 15) is 13.6 Å². The summed E-state index contributed by atoms with van der Waals surface area (Å²) in [5.74, 6) is -1.87. The maximum Gasteiger partial charge on any atom is 0.338 e. The lowest BCUT2D eigenvalue weighted by Crippen LogP contribution is -2.08. The third-order valence-electron chi connectivity index (χ3n) is 4.59. The van der Waals surface area contributed by atoms with Gasteiger partial charge in [-0.3, -0.25) is 0 Å². The summed E-state index contributed by atoms with van der Waals surface area (Å²) in [4.78, 5) is 16.7. The van der Waals surface area contributed by atoms with E-state index in [4.69, 9.17) is 9.47 Å². The van der Waals surface area contributed by atoms with Gasteiger partial charge in [0.1, 0.15) is 0 Å². The molecule has 0 spiro atoms. The Balaban J connectivity index is 1.87. The SMILES string of the molecule is CCOC(=O)c1ccc2c(c1)nc(SCc1cccc(F)c1F)n2CCCOC(C)C. The van der Waals surface area contributed by atoms with Crippen molar-refractivity contribution in [3.8, 4) is 0 Å². The summed E-state index contributed by atoms with van der Waals surface area (Å²) in [5.41, 5.74) is 2.21. The molecule has 0 atom stereocenters. The molecule has 0 aliphatic heterocycles. The number of halogens is 2. The quantitative estimate of drug-likeness (QED) is 0.230. The molecule has 3 rings (SSSR count). The van der Waals surface area contributed by atoms with E-state index >= 15 is 0 Å². The number of carbonyl (C=O) groups is 1. The van der Waals surface area contributed by atoms with Crippen molar-refractivity contribution >= 4 is 28.8 Å². The number of aromatic nitrogens is 2. The summed E-state index contributed by atoms with van der Waals surface area (Å²) in [6, 6.07) is 9.40. The van der Waals surface area contributed by atoms with Crippen molar-refractivity contribution in [3.63, 3.8) is 0 Å². The fourth-order valence-corrected chi connectivity index (χ4v) is 4.14. The van der Waals surface area contributed by atoms with Gasteiger partial charge in [0.15, 0.2) is 16.8 Å². The van der Waals surface area contributed by atoms with Gasteiger partial charge in [0.25, 0.3) is 0 Å². The number of thioether (sulfide) groups is 1. The standard InChI is InChI=1S/C23H26F2N2O3S/c1-4-29-22(28)16-9-10-20-19(13-16)26-23(27(20)11-6-12-30-15(2)3)31-14-17-7-5-8-18(24)21(17)25/h5,7-10,13,15H,4,6,11-12,14H2,1-3H3. The molecule has 5 nitrogen and oxygen atoms in total. The first kappa shape index (κ1) is 23.2. The van der Waals surface area contributed by atoms with E-state index < -0.39 is 17.6 Å². The second-order valence-electron chi connectivity index (χ2n) is 7.24. The molecule has 0 fully saturated rings. The van der Waals surface area contributed by atoms with Crippen molar-refractivity contribution in [3.05, 3.63) is 59.2 Å². The smallest absolute Gasteiger partial charge is 0.338 e. The van der Waals surface area contributed by atoms with Gasteiger partial charge in [0, 0.05) is 24.5 Å². The Hall–Kier alpha value is -2.45. The molecule has 0 bridgehead atoms. The number of nitrogens with zero attached hydrogens (tertiary/aromatic N) is 2. The lowest BCUT2D eigenvalue weighted by molar-refractivity contribution is 0.0526. The monoisotopic (exact) mass is 448 g/mol. The predicted molar refractivity (Wildman–Crippen MR) is 117 cm³/mol. The Morgan fingerprint density at radius 3 is 2.77 bits per heavy atom. The fraction of sp³-hybridized carbons (Fsp3) is 0.391. The highest BCUT2D eigenvalue weighted by Crippen LogP contribution is 2.29. The first-order valence-corrected chi connectivity index (χ1v) is 11.2. The normalized spacial score (nSPS) is 11.4. The summed E-state index contributed by atoms with van der Waals surface area (Å²) in [5, 5.41) is 0.671. The van der Waals surface area contributed by atoms with Gasteiger partial charge in [0.2, 0.25) is 0 Å². The zero-order valence-electron chi connectivity index (χ0n) is 17.9. The maximum absolute atomic E-state index is 14.1. The molecular weight excluding hydrogens is 422 g/mol. The molecule has 0 saturated carbocycles. The minimum Gasteiger partial charge on any atom is -0.462 e. The first-order valence-electron chi connectivity index (χ1n) is 10.3. The summed E-state index contributed by atoms with van der Waals surface area (Å²) in [6.07, 6.45) is 0.919. The van der Waals surface area contributed by atoms with Crippen molar-refractivity contribution in [2.24, 2.45) is 0 Å². The number of benzene rings is 2. The summed E-state index contributed by atoms with van der Waals surface area (Å²) in [6.45, 7) is 7.26. The van der Waals surface area contributed by atoms with Gasteiger partial charge in [-0.25, -0.2) is 18.6 Å². The Bertz CT molecular complexity index is 1050. The van der Waals surface area contributed by atoms with Crippen molar-refractivity contribution in [2.75, 3.05) is 13.2 Å². The van der Waals surface area contributed by atoms with Crippen LogP contribution in [0.2, 0.25) is 0 Å². The van der Waals surface area contributed by atoms with Crippen LogP contribution in [0.25, 0.3) is 11.0 Å². The second-order valence-corrected chi connectivity index (χ2v) is 8.19. The number of hydrogen-bond acceptors (Lipinski definition) is 5. The lowest BCUT2D eigenvalue weighted by atomic mass is 10.2. The average molecular weight is 449 g/mol. The van der Waals surface area contributed by atoms with Crippen LogP contribution in [-0.4, -0.2) is 34.8 Å². The lowest BCUT2D eigenvalue weighted by Gasteiger charge is -2.11. The van der Waals surface area contributed by atoms with Crippen LogP contribution < -0.4 is 0 Å². The highest BCUT2D eigenvalue weighted by Gasteiger charge is 2.16. The van der Waals surface area contributed by atoms with Gasteiger partial charge in [0.05, 0.1) is 29.3 Å². The minimum absolute atomic E-state index is 0.150. The van der Waals surface area contributed by atoms with Gasteiger partial charge in [-0.15, -0.1) is 0 Å². The molecule has 0 radical (unpaired) electrons. The molecule has 0 saturated heterocycles. The zero-order valence-corrected chi connectivity index (χ0v) is 18.7.